The summed E-state index contributed by atoms with van der Waals surface area (Å²) in [4.78, 5) is 21.1. The normalized spacial score (nSPS) is 8.22. The van der Waals surface area contributed by atoms with Gasteiger partial charge in [0.1, 0.15) is 0 Å². The van der Waals surface area contributed by atoms with Crippen molar-refractivity contribution in [3.8, 4) is 0 Å². The highest BCUT2D eigenvalue weighted by Crippen LogP contribution is 1.85. The fourth-order valence-electron chi connectivity index (χ4n) is 0.341. The molecule has 0 bridgehead atoms. The van der Waals surface area contributed by atoms with Crippen LogP contribution in [0.15, 0.2) is 0 Å². The van der Waals surface area contributed by atoms with Crippen molar-refractivity contribution in [2.75, 3.05) is 13.7 Å². The number of amides is 2. The van der Waals surface area contributed by atoms with Gasteiger partial charge in [-0.1, -0.05) is 0 Å². The molecule has 0 atom stereocenters. The Morgan fingerprint density at radius 3 is 2.44 bits per heavy atom. The number of nitrogens with zero attached hydrogens (tertiary/aromatic N) is 1. The lowest BCUT2D eigenvalue weighted by Crippen LogP contribution is -2.28. The molecule has 9 heavy (non-hydrogen) atoms. The van der Waals surface area contributed by atoms with E-state index in [9.17, 15) is 9.59 Å². The number of ether oxygens (including phenoxy) is 1. The van der Waals surface area contributed by atoms with E-state index in [1.807, 2.05) is 0 Å². The van der Waals surface area contributed by atoms with Crippen LogP contribution in [0.1, 0.15) is 6.92 Å². The van der Waals surface area contributed by atoms with Crippen molar-refractivity contribution in [2.45, 2.75) is 6.92 Å². The monoisotopic (exact) mass is 130 g/mol. The van der Waals surface area contributed by atoms with Crippen LogP contribution in [-0.4, -0.2) is 31.1 Å². The molecule has 0 saturated heterocycles. The van der Waals surface area contributed by atoms with Crippen LogP contribution >= 0.6 is 0 Å². The molecule has 0 N–H and O–H groups in total. The zero-order valence-electron chi connectivity index (χ0n) is 5.38. The summed E-state index contributed by atoms with van der Waals surface area (Å²) in [6.07, 6.45) is 0.738. The van der Waals surface area contributed by atoms with Crippen LogP contribution in [0.3, 0.4) is 0 Å². The first-order valence-corrected chi connectivity index (χ1v) is 2.49. The number of hydrogen-bond acceptors (Lipinski definition) is 3. The maximum Gasteiger partial charge on any atom is 0.416 e. The topological polar surface area (TPSA) is 46.6 Å². The molecule has 4 heteroatoms. The van der Waals surface area contributed by atoms with Gasteiger partial charge >= 0.3 is 12.5 Å². The Kier molecular flexibility index (Phi) is 3.43. The third kappa shape index (κ3) is 2.12. The van der Waals surface area contributed by atoms with E-state index in [2.05, 4.69) is 4.74 Å². The molecule has 0 rings (SSSR count). The van der Waals surface area contributed by atoms with Gasteiger partial charge in [-0.25, -0.2) is 9.69 Å². The first-order valence-electron chi connectivity index (χ1n) is 2.49. The SMILES string of the molecule is CCN([C]=O)C(=O)OC. The Balaban J connectivity index is 3.78. The van der Waals surface area contributed by atoms with Crippen molar-refractivity contribution in [3.63, 3.8) is 0 Å². The first kappa shape index (κ1) is 7.94. The second kappa shape index (κ2) is 3.88. The Bertz CT molecular complexity index is 113. The number of rotatable bonds is 2. The minimum atomic E-state index is -0.674. The third-order valence-electron chi connectivity index (χ3n) is 0.821. The molecule has 0 aromatic heterocycles. The van der Waals surface area contributed by atoms with Gasteiger partial charge < -0.3 is 4.74 Å². The van der Waals surface area contributed by atoms with E-state index in [0.29, 0.717) is 0 Å². The highest BCUT2D eigenvalue weighted by atomic mass is 16.5. The van der Waals surface area contributed by atoms with E-state index in [1.165, 1.54) is 13.5 Å². The molecular formula is C5H8NO3. The maximum atomic E-state index is 10.4. The second-order valence-corrected chi connectivity index (χ2v) is 1.31. The van der Waals surface area contributed by atoms with Crippen molar-refractivity contribution in [2.24, 2.45) is 0 Å². The van der Waals surface area contributed by atoms with E-state index >= 15 is 0 Å². The van der Waals surface area contributed by atoms with Crippen molar-refractivity contribution in [1.82, 2.24) is 4.90 Å². The molecule has 0 fully saturated rings. The number of carbonyl (C=O) groups excluding carboxylic acids is 2. The lowest BCUT2D eigenvalue weighted by molar-refractivity contribution is 0.146. The maximum absolute atomic E-state index is 10.4. The van der Waals surface area contributed by atoms with Crippen molar-refractivity contribution in [1.29, 1.82) is 0 Å². The molecule has 2 amide bonds. The molecule has 0 aromatic rings. The zero-order valence-corrected chi connectivity index (χ0v) is 5.38. The minimum absolute atomic E-state index is 0.288. The summed E-state index contributed by atoms with van der Waals surface area (Å²) in [5, 5.41) is 0. The van der Waals surface area contributed by atoms with Crippen LogP contribution in [0, 0.1) is 0 Å². The van der Waals surface area contributed by atoms with Crippen molar-refractivity contribution < 1.29 is 14.3 Å². The molecule has 1 radical (unpaired) electrons. The van der Waals surface area contributed by atoms with Gasteiger partial charge in [0, 0.05) is 6.54 Å². The molecule has 0 aliphatic rings. The largest absolute Gasteiger partial charge is 0.452 e. The average molecular weight is 130 g/mol. The Labute approximate surface area is 53.4 Å². The molecule has 0 aliphatic heterocycles. The zero-order chi connectivity index (χ0) is 7.28. The Morgan fingerprint density at radius 2 is 2.33 bits per heavy atom. The number of methoxy groups -OCH3 is 1. The number of imide groups is 1. The van der Waals surface area contributed by atoms with Crippen LogP contribution in [0.25, 0.3) is 0 Å². The lowest BCUT2D eigenvalue weighted by Gasteiger charge is -2.07. The van der Waals surface area contributed by atoms with Crippen LogP contribution in [0.4, 0.5) is 4.79 Å². The van der Waals surface area contributed by atoms with E-state index in [1.54, 1.807) is 6.92 Å². The summed E-state index contributed by atoms with van der Waals surface area (Å²) in [6, 6.07) is 0. The minimum Gasteiger partial charge on any atom is -0.452 e. The highest BCUT2D eigenvalue weighted by Gasteiger charge is 2.09. The number of carbonyl (C=O) groups is 1. The van der Waals surface area contributed by atoms with Gasteiger partial charge in [0.2, 0.25) is 0 Å². The van der Waals surface area contributed by atoms with E-state index < -0.39 is 6.09 Å². The summed E-state index contributed by atoms with van der Waals surface area (Å²) in [5.41, 5.74) is 0. The summed E-state index contributed by atoms with van der Waals surface area (Å²) in [5.74, 6) is 0. The van der Waals surface area contributed by atoms with Crippen LogP contribution in [-0.2, 0) is 9.53 Å². The summed E-state index contributed by atoms with van der Waals surface area (Å²) < 4.78 is 4.22. The van der Waals surface area contributed by atoms with Crippen LogP contribution < -0.4 is 0 Å². The smallest absolute Gasteiger partial charge is 0.416 e. The quantitative estimate of drug-likeness (QED) is 0.499. The van der Waals surface area contributed by atoms with Gasteiger partial charge in [-0.2, -0.15) is 0 Å². The Hall–Kier alpha value is -1.06. The van der Waals surface area contributed by atoms with Gasteiger partial charge in [0.05, 0.1) is 7.11 Å². The molecule has 0 unspecified atom stereocenters. The van der Waals surface area contributed by atoms with Gasteiger partial charge in [-0.15, -0.1) is 0 Å². The summed E-state index contributed by atoms with van der Waals surface area (Å²) >= 11 is 0. The second-order valence-electron chi connectivity index (χ2n) is 1.31. The molecule has 0 heterocycles. The van der Waals surface area contributed by atoms with Gasteiger partial charge in [-0.05, 0) is 6.92 Å². The number of hydrogen-bond donors (Lipinski definition) is 0. The Morgan fingerprint density at radius 1 is 1.78 bits per heavy atom. The first-order chi connectivity index (χ1) is 4.26. The van der Waals surface area contributed by atoms with Crippen LogP contribution in [0.2, 0.25) is 0 Å². The predicted molar refractivity (Wildman–Crippen MR) is 30.5 cm³/mol. The predicted octanol–water partition coefficient (Wildman–Crippen LogP) is 0.142. The van der Waals surface area contributed by atoms with E-state index in [4.69, 9.17) is 0 Å². The lowest BCUT2D eigenvalue weighted by atomic mass is 10.7. The highest BCUT2D eigenvalue weighted by molar-refractivity contribution is 5.80. The van der Waals surface area contributed by atoms with E-state index in [0.717, 1.165) is 4.90 Å². The summed E-state index contributed by atoms with van der Waals surface area (Å²) in [6.45, 7) is 1.94. The van der Waals surface area contributed by atoms with Gasteiger partial charge in [0.15, 0.2) is 0 Å². The molecule has 0 spiro atoms. The molecular weight excluding hydrogens is 122 g/mol. The summed E-state index contributed by atoms with van der Waals surface area (Å²) in [7, 11) is 1.21. The van der Waals surface area contributed by atoms with Crippen LogP contribution in [0.5, 0.6) is 0 Å². The van der Waals surface area contributed by atoms with Gasteiger partial charge in [-0.3, -0.25) is 4.79 Å². The average Bonchev–Trinajstić information content (AvgIpc) is 1.90. The molecule has 0 saturated carbocycles. The standard InChI is InChI=1S/C5H8NO3/c1-3-6(4-7)5(8)9-2/h3H2,1-2H3. The van der Waals surface area contributed by atoms with Crippen molar-refractivity contribution in [3.05, 3.63) is 0 Å². The van der Waals surface area contributed by atoms with E-state index in [-0.39, 0.29) is 6.54 Å². The molecule has 0 aliphatic carbocycles. The van der Waals surface area contributed by atoms with Gasteiger partial charge in [0.25, 0.3) is 0 Å². The fraction of sp³-hybridized carbons (Fsp3) is 0.600. The fourth-order valence-corrected chi connectivity index (χ4v) is 0.341. The van der Waals surface area contributed by atoms with Crippen molar-refractivity contribution >= 4 is 12.5 Å². The molecule has 4 nitrogen and oxygen atoms in total. The third-order valence-corrected chi connectivity index (χ3v) is 0.821. The molecule has 51 valence electrons. The molecule has 0 aromatic carbocycles.